The van der Waals surface area contributed by atoms with Crippen molar-refractivity contribution in [3.8, 4) is 11.5 Å². The molecule has 1 unspecified atom stereocenters. The van der Waals surface area contributed by atoms with Crippen molar-refractivity contribution in [3.63, 3.8) is 0 Å². The van der Waals surface area contributed by atoms with Gasteiger partial charge in [-0.3, -0.25) is 9.59 Å². The average Bonchev–Trinajstić information content (AvgIpc) is 2.98. The fourth-order valence-electron chi connectivity index (χ4n) is 2.79. The Bertz CT molecular complexity index is 893. The first-order chi connectivity index (χ1) is 14.4. The molecular formula is C20H17Br5CuO4. The van der Waals surface area contributed by atoms with Crippen molar-refractivity contribution in [1.29, 1.82) is 0 Å². The Morgan fingerprint density at radius 1 is 0.867 bits per heavy atom. The molecule has 2 aromatic rings. The quantitative estimate of drug-likeness (QED) is 0.204. The molecule has 2 aliphatic rings. The van der Waals surface area contributed by atoms with Crippen LogP contribution in [-0.4, -0.2) is 29.6 Å². The number of carbonyl (C=O) groups excluding carboxylic acids is 2. The van der Waals surface area contributed by atoms with Gasteiger partial charge in [0, 0.05) is 21.8 Å². The summed E-state index contributed by atoms with van der Waals surface area (Å²) < 4.78 is 12.7. The Kier molecular flexibility index (Phi) is 12.2. The Morgan fingerprint density at radius 3 is 2.03 bits per heavy atom. The molecule has 0 bridgehead atoms. The SMILES string of the molecule is O=C1CCCOc2ccc(Br)cc21.O=C1c2cc(Br)ccc2OCCC1Br.[Br][Cu][Br]. The first-order valence-corrected chi connectivity index (χ1v) is 15.9. The number of ketones is 2. The zero-order chi connectivity index (χ0) is 22.1. The van der Waals surface area contributed by atoms with Gasteiger partial charge in [-0.05, 0) is 42.8 Å². The third kappa shape index (κ3) is 8.01. The number of ether oxygens (including phenoxy) is 2. The summed E-state index contributed by atoms with van der Waals surface area (Å²) in [5, 5.41) is 0. The molecule has 0 radical (unpaired) electrons. The number of carbonyl (C=O) groups is 2. The Morgan fingerprint density at radius 2 is 1.40 bits per heavy atom. The van der Waals surface area contributed by atoms with E-state index in [4.69, 9.17) is 9.47 Å². The molecule has 167 valence electrons. The van der Waals surface area contributed by atoms with Crippen molar-refractivity contribution in [2.24, 2.45) is 0 Å². The number of hydrogen-bond acceptors (Lipinski definition) is 4. The van der Waals surface area contributed by atoms with E-state index in [2.05, 4.69) is 76.0 Å². The number of alkyl halides is 1. The fourth-order valence-corrected chi connectivity index (χ4v) is 3.94. The van der Waals surface area contributed by atoms with Gasteiger partial charge in [0.25, 0.3) is 0 Å². The van der Waals surface area contributed by atoms with E-state index in [1.54, 1.807) is 6.07 Å². The summed E-state index contributed by atoms with van der Waals surface area (Å²) in [6.07, 6.45) is 2.11. The number of Topliss-reactive ketones (excluding diaryl/α,β-unsaturated/α-hetero) is 2. The van der Waals surface area contributed by atoms with Gasteiger partial charge in [-0.25, -0.2) is 0 Å². The van der Waals surface area contributed by atoms with Gasteiger partial charge in [0.2, 0.25) is 0 Å². The zero-order valence-electron chi connectivity index (χ0n) is 15.4. The van der Waals surface area contributed by atoms with E-state index in [1.807, 2.05) is 30.3 Å². The molecule has 2 aromatic carbocycles. The molecule has 2 aliphatic heterocycles. The minimum absolute atomic E-state index is 0.0961. The van der Waals surface area contributed by atoms with Gasteiger partial charge in [-0.1, -0.05) is 47.8 Å². The number of rotatable bonds is 0. The molecule has 4 rings (SSSR count). The van der Waals surface area contributed by atoms with E-state index in [1.165, 1.54) is 11.3 Å². The van der Waals surface area contributed by atoms with Gasteiger partial charge in [-0.2, -0.15) is 0 Å². The molecule has 2 heterocycles. The first kappa shape index (κ1) is 26.6. The van der Waals surface area contributed by atoms with Crippen LogP contribution in [0.1, 0.15) is 40.0 Å². The molecule has 0 aromatic heterocycles. The predicted molar refractivity (Wildman–Crippen MR) is 132 cm³/mol. The molecule has 0 saturated carbocycles. The monoisotopic (exact) mass is 779 g/mol. The molecule has 0 fully saturated rings. The van der Waals surface area contributed by atoms with Crippen molar-refractivity contribution in [3.05, 3.63) is 56.5 Å². The van der Waals surface area contributed by atoms with Gasteiger partial charge < -0.3 is 9.47 Å². The maximum absolute atomic E-state index is 11.8. The summed E-state index contributed by atoms with van der Waals surface area (Å²) in [5.74, 6) is 1.67. The summed E-state index contributed by atoms with van der Waals surface area (Å²) in [6, 6.07) is 11.0. The molecule has 30 heavy (non-hydrogen) atoms. The van der Waals surface area contributed by atoms with Crippen LogP contribution >= 0.6 is 76.0 Å². The van der Waals surface area contributed by atoms with Crippen molar-refractivity contribution in [1.82, 2.24) is 0 Å². The topological polar surface area (TPSA) is 52.6 Å². The first-order valence-electron chi connectivity index (χ1n) is 8.74. The Labute approximate surface area is 221 Å². The summed E-state index contributed by atoms with van der Waals surface area (Å²) >= 11 is 17.4. The molecule has 4 nitrogen and oxygen atoms in total. The van der Waals surface area contributed by atoms with Crippen LogP contribution in [-0.2, 0) is 11.3 Å². The molecule has 0 amide bonds. The minimum atomic E-state index is -0.127. The van der Waals surface area contributed by atoms with Crippen molar-refractivity contribution < 1.29 is 30.4 Å². The summed E-state index contributed by atoms with van der Waals surface area (Å²) in [7, 11) is 0. The van der Waals surface area contributed by atoms with E-state index < -0.39 is 0 Å². The number of halogens is 5. The van der Waals surface area contributed by atoms with E-state index in [0.717, 1.165) is 15.4 Å². The molecule has 10 heteroatoms. The van der Waals surface area contributed by atoms with Crippen LogP contribution in [0.25, 0.3) is 0 Å². The number of hydrogen-bond donors (Lipinski definition) is 0. The standard InChI is InChI=1S/C10H8Br2O2.C10H9BrO2.2BrH.Cu/c11-6-1-2-9-7(5-6)10(13)8(12)3-4-14-9;11-7-3-4-10-8(6-7)9(12)2-1-5-13-10;;;/h1-2,5,8H,3-4H2;3-4,6H,1-2,5H2;2*1H;/q;;;;+2/p-2. The molecular weight excluding hydrogens is 767 g/mol. The van der Waals surface area contributed by atoms with Crippen molar-refractivity contribution in [2.45, 2.75) is 24.1 Å². The van der Waals surface area contributed by atoms with Crippen molar-refractivity contribution in [2.75, 3.05) is 13.2 Å². The fraction of sp³-hybridized carbons (Fsp3) is 0.300. The van der Waals surface area contributed by atoms with Crippen LogP contribution in [0.3, 0.4) is 0 Å². The van der Waals surface area contributed by atoms with Crippen LogP contribution in [0.2, 0.25) is 0 Å². The Hall–Kier alpha value is 0.299. The van der Waals surface area contributed by atoms with Crippen LogP contribution < -0.4 is 9.47 Å². The third-order valence-electron chi connectivity index (χ3n) is 4.17. The van der Waals surface area contributed by atoms with Crippen LogP contribution in [0.5, 0.6) is 11.5 Å². The van der Waals surface area contributed by atoms with Gasteiger partial charge in [0.1, 0.15) is 11.5 Å². The van der Waals surface area contributed by atoms with Gasteiger partial charge >= 0.3 is 39.6 Å². The summed E-state index contributed by atoms with van der Waals surface area (Å²) in [6.45, 7) is 1.22. The van der Waals surface area contributed by atoms with E-state index >= 15 is 0 Å². The number of benzene rings is 2. The van der Waals surface area contributed by atoms with Gasteiger partial charge in [0.05, 0.1) is 29.2 Å². The normalized spacial score (nSPS) is 17.4. The van der Waals surface area contributed by atoms with Gasteiger partial charge in [-0.15, -0.1) is 0 Å². The second kappa shape index (κ2) is 13.8. The third-order valence-corrected chi connectivity index (χ3v) is 6.03. The van der Waals surface area contributed by atoms with Crippen LogP contribution in [0.15, 0.2) is 45.3 Å². The molecule has 0 spiro atoms. The average molecular weight is 784 g/mol. The van der Waals surface area contributed by atoms with Crippen molar-refractivity contribution >= 4 is 87.6 Å². The zero-order valence-corrected chi connectivity index (χ0v) is 24.3. The second-order valence-electron chi connectivity index (χ2n) is 6.17. The Balaban J connectivity index is 0.000000190. The molecule has 0 saturated heterocycles. The van der Waals surface area contributed by atoms with Crippen LogP contribution in [0.4, 0.5) is 0 Å². The molecule has 0 N–H and O–H groups in total. The summed E-state index contributed by atoms with van der Waals surface area (Å²) in [4.78, 5) is 23.3. The van der Waals surface area contributed by atoms with E-state index in [-0.39, 0.29) is 16.4 Å². The maximum atomic E-state index is 11.8. The molecule has 0 aliphatic carbocycles. The number of fused-ring (bicyclic) bond motifs is 2. The van der Waals surface area contributed by atoms with E-state index in [9.17, 15) is 9.59 Å². The van der Waals surface area contributed by atoms with Gasteiger partial charge in [0.15, 0.2) is 11.6 Å². The molecule has 1 atom stereocenters. The van der Waals surface area contributed by atoms with Crippen LogP contribution in [0, 0.1) is 0 Å². The predicted octanol–water partition coefficient (Wildman–Crippen LogP) is 7.67. The van der Waals surface area contributed by atoms with E-state index in [0.29, 0.717) is 48.7 Å². The summed E-state index contributed by atoms with van der Waals surface area (Å²) in [5.41, 5.74) is 1.35. The second-order valence-corrected chi connectivity index (χ2v) is 13.9.